The van der Waals surface area contributed by atoms with Gasteiger partial charge in [-0.1, -0.05) is 23.8 Å². The standard InChI is InChI=1S/C21H30N2O2/c1-3-17(2)16-22-14-10-18(11-15-22)25-20-9-5-4-8-19(20)21(24)23-12-6-7-13-23/h3-5,8-9,18H,6-7,10-16H2,1-2H3. The molecule has 2 aliphatic heterocycles. The number of benzene rings is 1. The molecule has 136 valence electrons. The van der Waals surface area contributed by atoms with Crippen molar-refractivity contribution in [3.63, 3.8) is 0 Å². The first kappa shape index (κ1) is 18.0. The lowest BCUT2D eigenvalue weighted by atomic mass is 10.1. The van der Waals surface area contributed by atoms with Crippen molar-refractivity contribution in [2.45, 2.75) is 45.6 Å². The summed E-state index contributed by atoms with van der Waals surface area (Å²) in [5.74, 6) is 0.872. The van der Waals surface area contributed by atoms with E-state index in [0.29, 0.717) is 0 Å². The highest BCUT2D eigenvalue weighted by Crippen LogP contribution is 2.25. The second-order valence-electron chi connectivity index (χ2n) is 7.22. The number of carbonyl (C=O) groups is 1. The molecule has 4 nitrogen and oxygen atoms in total. The zero-order valence-electron chi connectivity index (χ0n) is 15.5. The molecule has 0 atom stereocenters. The number of amides is 1. The minimum atomic E-state index is 0.120. The Labute approximate surface area is 151 Å². The number of ether oxygens (including phenoxy) is 1. The van der Waals surface area contributed by atoms with Gasteiger partial charge in [-0.3, -0.25) is 9.69 Å². The van der Waals surface area contributed by atoms with Crippen LogP contribution in [0.25, 0.3) is 0 Å². The highest BCUT2D eigenvalue weighted by molar-refractivity contribution is 5.97. The van der Waals surface area contributed by atoms with Crippen molar-refractivity contribution in [3.05, 3.63) is 41.5 Å². The second kappa shape index (κ2) is 8.52. The van der Waals surface area contributed by atoms with E-state index >= 15 is 0 Å². The first-order valence-electron chi connectivity index (χ1n) is 9.56. The molecule has 1 amide bonds. The zero-order chi connectivity index (χ0) is 17.6. The third-order valence-electron chi connectivity index (χ3n) is 5.30. The van der Waals surface area contributed by atoms with Crippen LogP contribution >= 0.6 is 0 Å². The number of piperidine rings is 1. The Morgan fingerprint density at radius 3 is 2.52 bits per heavy atom. The van der Waals surface area contributed by atoms with Gasteiger partial charge in [-0.15, -0.1) is 0 Å². The SMILES string of the molecule is CC=C(C)CN1CCC(Oc2ccccc2C(=O)N2CCCC2)CC1. The van der Waals surface area contributed by atoms with Gasteiger partial charge in [0.25, 0.3) is 5.91 Å². The van der Waals surface area contributed by atoms with Crippen molar-refractivity contribution < 1.29 is 9.53 Å². The maximum Gasteiger partial charge on any atom is 0.257 e. The van der Waals surface area contributed by atoms with E-state index in [9.17, 15) is 4.79 Å². The maximum atomic E-state index is 12.7. The lowest BCUT2D eigenvalue weighted by Gasteiger charge is -2.32. The molecule has 3 rings (SSSR count). The van der Waals surface area contributed by atoms with E-state index in [4.69, 9.17) is 4.74 Å². The normalized spacial score (nSPS) is 20.1. The van der Waals surface area contributed by atoms with Gasteiger partial charge in [0.15, 0.2) is 0 Å². The van der Waals surface area contributed by atoms with Crippen molar-refractivity contribution in [3.8, 4) is 5.75 Å². The minimum Gasteiger partial charge on any atom is -0.489 e. The monoisotopic (exact) mass is 342 g/mol. The predicted molar refractivity (Wildman–Crippen MR) is 101 cm³/mol. The fourth-order valence-corrected chi connectivity index (χ4v) is 3.65. The quantitative estimate of drug-likeness (QED) is 0.764. The van der Waals surface area contributed by atoms with Crippen molar-refractivity contribution in [1.82, 2.24) is 9.80 Å². The molecule has 0 aromatic heterocycles. The van der Waals surface area contributed by atoms with E-state index < -0.39 is 0 Å². The zero-order valence-corrected chi connectivity index (χ0v) is 15.5. The number of nitrogens with zero attached hydrogens (tertiary/aromatic N) is 2. The van der Waals surface area contributed by atoms with Crippen molar-refractivity contribution >= 4 is 5.91 Å². The van der Waals surface area contributed by atoms with Crippen LogP contribution in [-0.4, -0.2) is 54.5 Å². The van der Waals surface area contributed by atoms with Gasteiger partial charge in [-0.2, -0.15) is 0 Å². The summed E-state index contributed by atoms with van der Waals surface area (Å²) in [4.78, 5) is 17.2. The summed E-state index contributed by atoms with van der Waals surface area (Å²) >= 11 is 0. The van der Waals surface area contributed by atoms with Gasteiger partial charge in [-0.25, -0.2) is 0 Å². The number of carbonyl (C=O) groups excluding carboxylic acids is 1. The number of allylic oxidation sites excluding steroid dienone is 1. The number of hydrogen-bond donors (Lipinski definition) is 0. The third kappa shape index (κ3) is 4.63. The molecule has 1 aromatic rings. The van der Waals surface area contributed by atoms with Gasteiger partial charge in [0.05, 0.1) is 5.56 Å². The van der Waals surface area contributed by atoms with Gasteiger partial charge >= 0.3 is 0 Å². The summed E-state index contributed by atoms with van der Waals surface area (Å²) in [5, 5.41) is 0. The molecule has 0 radical (unpaired) electrons. The van der Waals surface area contributed by atoms with E-state index in [0.717, 1.165) is 69.7 Å². The molecule has 25 heavy (non-hydrogen) atoms. The molecule has 0 saturated carbocycles. The smallest absolute Gasteiger partial charge is 0.257 e. The number of likely N-dealkylation sites (tertiary alicyclic amines) is 2. The van der Waals surface area contributed by atoms with E-state index in [1.54, 1.807) is 0 Å². The van der Waals surface area contributed by atoms with Crippen LogP contribution in [0.4, 0.5) is 0 Å². The Morgan fingerprint density at radius 2 is 1.84 bits per heavy atom. The van der Waals surface area contributed by atoms with Crippen LogP contribution in [0.1, 0.15) is 49.9 Å². The van der Waals surface area contributed by atoms with E-state index in [2.05, 4.69) is 24.8 Å². The average molecular weight is 342 g/mol. The Hall–Kier alpha value is -1.81. The average Bonchev–Trinajstić information content (AvgIpc) is 3.18. The van der Waals surface area contributed by atoms with Crippen LogP contribution in [0, 0.1) is 0 Å². The van der Waals surface area contributed by atoms with Gasteiger partial charge in [-0.05, 0) is 51.7 Å². The summed E-state index contributed by atoms with van der Waals surface area (Å²) < 4.78 is 6.26. The molecular formula is C21H30N2O2. The van der Waals surface area contributed by atoms with Crippen LogP contribution < -0.4 is 4.74 Å². The van der Waals surface area contributed by atoms with Crippen LogP contribution in [0.3, 0.4) is 0 Å². The first-order chi connectivity index (χ1) is 12.2. The molecule has 2 fully saturated rings. The fraction of sp³-hybridized carbons (Fsp3) is 0.571. The molecule has 2 heterocycles. The van der Waals surface area contributed by atoms with Crippen LogP contribution in [-0.2, 0) is 0 Å². The highest BCUT2D eigenvalue weighted by atomic mass is 16.5. The molecule has 2 saturated heterocycles. The third-order valence-corrected chi connectivity index (χ3v) is 5.30. The Balaban J connectivity index is 1.59. The predicted octanol–water partition coefficient (Wildman–Crippen LogP) is 3.73. The van der Waals surface area contributed by atoms with Crippen molar-refractivity contribution in [1.29, 1.82) is 0 Å². The van der Waals surface area contributed by atoms with E-state index in [1.165, 1.54) is 5.57 Å². The fourth-order valence-electron chi connectivity index (χ4n) is 3.65. The molecule has 0 bridgehead atoms. The molecule has 0 N–H and O–H groups in total. The van der Waals surface area contributed by atoms with Gasteiger partial charge in [0, 0.05) is 32.7 Å². The number of hydrogen-bond acceptors (Lipinski definition) is 3. The van der Waals surface area contributed by atoms with Crippen LogP contribution in [0.5, 0.6) is 5.75 Å². The molecular weight excluding hydrogens is 312 g/mol. The molecule has 0 spiro atoms. The number of para-hydroxylation sites is 1. The maximum absolute atomic E-state index is 12.7. The van der Waals surface area contributed by atoms with Crippen molar-refractivity contribution in [2.24, 2.45) is 0 Å². The Kier molecular flexibility index (Phi) is 6.14. The molecule has 2 aliphatic rings. The van der Waals surface area contributed by atoms with E-state index in [1.807, 2.05) is 29.2 Å². The first-order valence-corrected chi connectivity index (χ1v) is 9.56. The van der Waals surface area contributed by atoms with Gasteiger partial charge < -0.3 is 9.64 Å². The largest absolute Gasteiger partial charge is 0.489 e. The highest BCUT2D eigenvalue weighted by Gasteiger charge is 2.25. The lowest BCUT2D eigenvalue weighted by Crippen LogP contribution is -2.39. The topological polar surface area (TPSA) is 32.8 Å². The molecule has 0 aliphatic carbocycles. The summed E-state index contributed by atoms with van der Waals surface area (Å²) in [7, 11) is 0. The Bertz CT molecular complexity index is 612. The van der Waals surface area contributed by atoms with Crippen LogP contribution in [0.15, 0.2) is 35.9 Å². The van der Waals surface area contributed by atoms with Crippen LogP contribution in [0.2, 0.25) is 0 Å². The molecule has 1 aromatic carbocycles. The number of rotatable bonds is 5. The molecule has 0 unspecified atom stereocenters. The minimum absolute atomic E-state index is 0.120. The van der Waals surface area contributed by atoms with E-state index in [-0.39, 0.29) is 12.0 Å². The van der Waals surface area contributed by atoms with Gasteiger partial charge in [0.1, 0.15) is 11.9 Å². The van der Waals surface area contributed by atoms with Crippen molar-refractivity contribution in [2.75, 3.05) is 32.7 Å². The Morgan fingerprint density at radius 1 is 1.16 bits per heavy atom. The summed E-state index contributed by atoms with van der Waals surface area (Å²) in [6, 6.07) is 7.74. The molecule has 4 heteroatoms. The summed E-state index contributed by atoms with van der Waals surface area (Å²) in [6.07, 6.45) is 6.64. The second-order valence-corrected chi connectivity index (χ2v) is 7.22. The summed E-state index contributed by atoms with van der Waals surface area (Å²) in [6.45, 7) is 9.18. The van der Waals surface area contributed by atoms with Gasteiger partial charge in [0.2, 0.25) is 0 Å². The summed E-state index contributed by atoms with van der Waals surface area (Å²) in [5.41, 5.74) is 2.14. The lowest BCUT2D eigenvalue weighted by molar-refractivity contribution is 0.0771.